The van der Waals surface area contributed by atoms with E-state index in [1.807, 2.05) is 83.6 Å². The van der Waals surface area contributed by atoms with Crippen molar-refractivity contribution in [3.8, 4) is 5.75 Å². The van der Waals surface area contributed by atoms with Crippen molar-refractivity contribution in [1.29, 1.82) is 0 Å². The highest BCUT2D eigenvalue weighted by Crippen LogP contribution is 2.40. The van der Waals surface area contributed by atoms with Crippen molar-refractivity contribution in [3.05, 3.63) is 148 Å². The zero-order chi connectivity index (χ0) is 30.9. The van der Waals surface area contributed by atoms with Crippen LogP contribution in [0.2, 0.25) is 0 Å². The molecule has 0 radical (unpaired) electrons. The minimum Gasteiger partial charge on any atom is -0.489 e. The molecule has 0 aliphatic carbocycles. The number of ether oxygens (including phenoxy) is 3. The summed E-state index contributed by atoms with van der Waals surface area (Å²) in [4.78, 5) is 30.7. The molecule has 1 aliphatic heterocycles. The number of imidazole rings is 1. The molecule has 1 N–H and O–H groups in total. The third-order valence-corrected chi connectivity index (χ3v) is 7.35. The maximum atomic E-state index is 13.6. The second-order valence-electron chi connectivity index (χ2n) is 10.5. The maximum Gasteiger partial charge on any atom is 0.337 e. The van der Waals surface area contributed by atoms with Crippen LogP contribution in [0.3, 0.4) is 0 Å². The molecule has 1 aliphatic rings. The molecule has 4 aromatic rings. The number of hydrogen-bond donors (Lipinski definition) is 1. The van der Waals surface area contributed by atoms with Crippen LogP contribution in [0, 0.1) is 0 Å². The molecule has 224 valence electrons. The van der Waals surface area contributed by atoms with Crippen molar-refractivity contribution < 1.29 is 23.8 Å². The molecule has 0 fully saturated rings. The summed E-state index contributed by atoms with van der Waals surface area (Å²) in [5, 5.41) is 3.18. The van der Waals surface area contributed by atoms with Gasteiger partial charge in [-0.05, 0) is 54.3 Å². The Labute approximate surface area is 257 Å². The lowest BCUT2D eigenvalue weighted by molar-refractivity contribution is -0.138. The van der Waals surface area contributed by atoms with Crippen LogP contribution in [0.15, 0.2) is 126 Å². The predicted octanol–water partition coefficient (Wildman–Crippen LogP) is 6.17. The van der Waals surface area contributed by atoms with Crippen LogP contribution < -0.4 is 10.1 Å². The minimum atomic E-state index is -0.705. The van der Waals surface area contributed by atoms with Crippen LogP contribution in [0.4, 0.5) is 0 Å². The highest BCUT2D eigenvalue weighted by molar-refractivity contribution is 5.99. The van der Waals surface area contributed by atoms with Gasteiger partial charge in [0, 0.05) is 30.3 Å². The summed E-state index contributed by atoms with van der Waals surface area (Å²) in [6.45, 7) is 4.80. The van der Waals surface area contributed by atoms with Crippen LogP contribution in [0.25, 0.3) is 6.08 Å². The lowest BCUT2D eigenvalue weighted by Crippen LogP contribution is -2.32. The van der Waals surface area contributed by atoms with Gasteiger partial charge in [0.1, 0.15) is 19.0 Å². The Kier molecular flexibility index (Phi) is 9.71. The summed E-state index contributed by atoms with van der Waals surface area (Å²) in [6, 6.07) is 25.4. The van der Waals surface area contributed by atoms with Crippen LogP contribution in [0.5, 0.6) is 5.75 Å². The lowest BCUT2D eigenvalue weighted by atomic mass is 9.80. The number of methoxy groups -OCH3 is 1. The molecule has 0 saturated heterocycles. The van der Waals surface area contributed by atoms with Gasteiger partial charge in [0.25, 0.3) is 0 Å². The van der Waals surface area contributed by atoms with Gasteiger partial charge in [0.2, 0.25) is 0 Å². The Morgan fingerprint density at radius 3 is 2.36 bits per heavy atom. The van der Waals surface area contributed by atoms with Crippen molar-refractivity contribution in [1.82, 2.24) is 14.9 Å². The van der Waals surface area contributed by atoms with Gasteiger partial charge in [-0.3, -0.25) is 0 Å². The zero-order valence-electron chi connectivity index (χ0n) is 25.0. The van der Waals surface area contributed by atoms with E-state index in [9.17, 15) is 9.59 Å². The molecule has 44 heavy (non-hydrogen) atoms. The summed E-state index contributed by atoms with van der Waals surface area (Å²) < 4.78 is 18.9. The number of allylic oxidation sites excluding steroid dienone is 2. The predicted molar refractivity (Wildman–Crippen MR) is 168 cm³/mol. The van der Waals surface area contributed by atoms with E-state index in [4.69, 9.17) is 14.2 Å². The van der Waals surface area contributed by atoms with Gasteiger partial charge in [-0.1, -0.05) is 72.8 Å². The number of nitrogens with zero attached hydrogens (tertiary/aromatic N) is 2. The quantitative estimate of drug-likeness (QED) is 0.209. The van der Waals surface area contributed by atoms with E-state index in [0.717, 1.165) is 28.8 Å². The molecule has 8 heteroatoms. The standard InChI is InChI=1S/C36H35N3O5/c1-25-32(35(40)42-3)34(30-12-7-13-31(21-30)44-23-29-9-5-4-6-10-29)33(26(2)38-25)36(41)43-20-8-11-27-14-16-28(17-15-27)22-39-19-18-37-24-39/h4-19,21,24,34,38H,20,22-23H2,1-3H3. The first-order valence-corrected chi connectivity index (χ1v) is 14.3. The number of aromatic nitrogens is 2. The van der Waals surface area contributed by atoms with Gasteiger partial charge in [-0.15, -0.1) is 0 Å². The zero-order valence-corrected chi connectivity index (χ0v) is 25.0. The molecular weight excluding hydrogens is 554 g/mol. The molecule has 0 spiro atoms. The van der Waals surface area contributed by atoms with Crippen molar-refractivity contribution in [2.24, 2.45) is 0 Å². The minimum absolute atomic E-state index is 0.0651. The molecule has 8 nitrogen and oxygen atoms in total. The summed E-state index contributed by atoms with van der Waals surface area (Å²) in [5.41, 5.74) is 5.80. The number of carbonyl (C=O) groups is 2. The van der Waals surface area contributed by atoms with Gasteiger partial charge in [0.15, 0.2) is 0 Å². The normalized spacial score (nSPS) is 14.8. The Morgan fingerprint density at radius 2 is 1.66 bits per heavy atom. The molecule has 1 atom stereocenters. The second-order valence-corrected chi connectivity index (χ2v) is 10.5. The largest absolute Gasteiger partial charge is 0.489 e. The Hall–Kier alpha value is -5.37. The number of benzene rings is 3. The first-order chi connectivity index (χ1) is 21.4. The van der Waals surface area contributed by atoms with Crippen LogP contribution in [-0.2, 0) is 32.2 Å². The molecule has 5 rings (SSSR count). The van der Waals surface area contributed by atoms with E-state index in [1.54, 1.807) is 32.4 Å². The number of nitrogens with one attached hydrogen (secondary N) is 1. The highest BCUT2D eigenvalue weighted by atomic mass is 16.5. The van der Waals surface area contributed by atoms with Crippen molar-refractivity contribution >= 4 is 18.0 Å². The van der Waals surface area contributed by atoms with Crippen molar-refractivity contribution in [2.45, 2.75) is 32.9 Å². The molecule has 3 aromatic carbocycles. The number of carbonyl (C=O) groups excluding carboxylic acids is 2. The Morgan fingerprint density at radius 1 is 0.909 bits per heavy atom. The molecule has 2 heterocycles. The van der Waals surface area contributed by atoms with E-state index in [2.05, 4.69) is 22.4 Å². The third kappa shape index (κ3) is 7.33. The molecule has 1 aromatic heterocycles. The average molecular weight is 590 g/mol. The Bertz CT molecular complexity index is 1690. The first kappa shape index (κ1) is 30.1. The Balaban J connectivity index is 1.31. The van der Waals surface area contributed by atoms with Gasteiger partial charge in [-0.2, -0.15) is 0 Å². The van der Waals surface area contributed by atoms with Crippen LogP contribution >= 0.6 is 0 Å². The van der Waals surface area contributed by atoms with Crippen molar-refractivity contribution in [2.75, 3.05) is 13.7 Å². The lowest BCUT2D eigenvalue weighted by Gasteiger charge is -2.30. The second kappa shape index (κ2) is 14.2. The number of esters is 2. The number of rotatable bonds is 11. The summed E-state index contributed by atoms with van der Waals surface area (Å²) in [6.07, 6.45) is 9.17. The topological polar surface area (TPSA) is 91.7 Å². The van der Waals surface area contributed by atoms with E-state index in [0.29, 0.717) is 34.9 Å². The van der Waals surface area contributed by atoms with Gasteiger partial charge in [0.05, 0.1) is 30.5 Å². The smallest absolute Gasteiger partial charge is 0.337 e. The molecule has 0 amide bonds. The van der Waals surface area contributed by atoms with Gasteiger partial charge >= 0.3 is 11.9 Å². The summed E-state index contributed by atoms with van der Waals surface area (Å²) in [5.74, 6) is -1.13. The van der Waals surface area contributed by atoms with Crippen LogP contribution in [0.1, 0.15) is 42.0 Å². The highest BCUT2D eigenvalue weighted by Gasteiger charge is 2.38. The number of dihydropyridines is 1. The first-order valence-electron chi connectivity index (χ1n) is 14.3. The molecular formula is C36H35N3O5. The maximum absolute atomic E-state index is 13.6. The molecule has 0 saturated carbocycles. The summed E-state index contributed by atoms with van der Waals surface area (Å²) >= 11 is 0. The average Bonchev–Trinajstić information content (AvgIpc) is 3.56. The molecule has 0 bridgehead atoms. The SMILES string of the molecule is COC(=O)C1=C(C)NC(C)=C(C(=O)OCC=Cc2ccc(Cn3ccnc3)cc2)C1c1cccc(OCc2ccccc2)c1. The molecule has 1 unspecified atom stereocenters. The van der Waals surface area contributed by atoms with E-state index < -0.39 is 17.9 Å². The van der Waals surface area contributed by atoms with E-state index in [1.165, 1.54) is 7.11 Å². The van der Waals surface area contributed by atoms with Gasteiger partial charge in [-0.25, -0.2) is 14.6 Å². The fourth-order valence-corrected chi connectivity index (χ4v) is 5.21. The van der Waals surface area contributed by atoms with E-state index in [-0.39, 0.29) is 6.61 Å². The summed E-state index contributed by atoms with van der Waals surface area (Å²) in [7, 11) is 1.33. The van der Waals surface area contributed by atoms with E-state index >= 15 is 0 Å². The number of hydrogen-bond acceptors (Lipinski definition) is 7. The fraction of sp³-hybridized carbons (Fsp3) is 0.194. The fourth-order valence-electron chi connectivity index (χ4n) is 5.21. The van der Waals surface area contributed by atoms with Gasteiger partial charge < -0.3 is 24.1 Å². The van der Waals surface area contributed by atoms with Crippen LogP contribution in [-0.4, -0.2) is 35.2 Å². The van der Waals surface area contributed by atoms with Crippen molar-refractivity contribution in [3.63, 3.8) is 0 Å². The third-order valence-electron chi connectivity index (χ3n) is 7.35. The monoisotopic (exact) mass is 589 g/mol.